The van der Waals surface area contributed by atoms with E-state index in [4.69, 9.17) is 34.8 Å². The molecule has 0 aliphatic rings. The Kier molecular flexibility index (Phi) is 5.45. The lowest BCUT2D eigenvalue weighted by molar-refractivity contribution is 0.599. The number of benzene rings is 1. The number of nitrogens with one attached hydrogen (secondary N) is 1. The summed E-state index contributed by atoms with van der Waals surface area (Å²) in [7, 11) is -2.21. The Morgan fingerprint density at radius 2 is 1.81 bits per heavy atom. The lowest BCUT2D eigenvalue weighted by Gasteiger charge is -2.07. The predicted octanol–water partition coefficient (Wildman–Crippen LogP) is 4.04. The van der Waals surface area contributed by atoms with Crippen LogP contribution >= 0.6 is 34.8 Å². The number of hydrogen-bond acceptors (Lipinski definition) is 4. The number of sulfonamides is 1. The molecule has 0 atom stereocenters. The Morgan fingerprint density at radius 3 is 2.41 bits per heavy atom. The number of nitrogens with zero attached hydrogens (tertiary/aromatic N) is 4. The fourth-order valence-electron chi connectivity index (χ4n) is 2.69. The van der Waals surface area contributed by atoms with Crippen LogP contribution in [0.15, 0.2) is 29.3 Å². The molecular formula is C16H16Cl3N5O2S. The van der Waals surface area contributed by atoms with Crippen molar-refractivity contribution in [3.63, 3.8) is 0 Å². The Hall–Kier alpha value is -1.74. The van der Waals surface area contributed by atoms with Crippen molar-refractivity contribution >= 4 is 50.6 Å². The van der Waals surface area contributed by atoms with Crippen LogP contribution in [-0.2, 0) is 23.6 Å². The molecule has 11 heteroatoms. The van der Waals surface area contributed by atoms with Gasteiger partial charge in [0.15, 0.2) is 5.82 Å². The first-order valence-electron chi connectivity index (χ1n) is 7.78. The van der Waals surface area contributed by atoms with E-state index >= 15 is 0 Å². The van der Waals surface area contributed by atoms with Crippen molar-refractivity contribution in [1.82, 2.24) is 19.6 Å². The molecule has 2 aromatic heterocycles. The van der Waals surface area contributed by atoms with E-state index in [0.717, 1.165) is 5.56 Å². The molecule has 2 heterocycles. The molecule has 0 saturated heterocycles. The van der Waals surface area contributed by atoms with E-state index < -0.39 is 10.0 Å². The van der Waals surface area contributed by atoms with Crippen molar-refractivity contribution in [1.29, 1.82) is 0 Å². The molecule has 27 heavy (non-hydrogen) atoms. The fourth-order valence-corrected chi connectivity index (χ4v) is 4.87. The molecule has 0 fully saturated rings. The van der Waals surface area contributed by atoms with Crippen LogP contribution in [0.3, 0.4) is 0 Å². The van der Waals surface area contributed by atoms with Crippen LogP contribution in [0, 0.1) is 13.8 Å². The second-order valence-corrected chi connectivity index (χ2v) is 8.86. The molecule has 3 aromatic rings. The molecule has 144 valence electrons. The Bertz CT molecular complexity index is 1120. The highest BCUT2D eigenvalue weighted by Crippen LogP contribution is 2.27. The third kappa shape index (κ3) is 4.08. The Labute approximate surface area is 171 Å². The van der Waals surface area contributed by atoms with E-state index in [0.29, 0.717) is 28.0 Å². The van der Waals surface area contributed by atoms with Crippen LogP contribution in [-0.4, -0.2) is 28.0 Å². The number of hydrogen-bond donors (Lipinski definition) is 1. The Morgan fingerprint density at radius 1 is 1.11 bits per heavy atom. The molecule has 0 aliphatic carbocycles. The number of aryl methyl sites for hydroxylation is 2. The number of rotatable bonds is 5. The average molecular weight is 449 g/mol. The summed E-state index contributed by atoms with van der Waals surface area (Å²) < 4.78 is 31.0. The molecular weight excluding hydrogens is 433 g/mol. The lowest BCUT2D eigenvalue weighted by Crippen LogP contribution is -2.16. The summed E-state index contributed by atoms with van der Waals surface area (Å²) in [6, 6.07) is 5.11. The number of halogens is 3. The van der Waals surface area contributed by atoms with Gasteiger partial charge in [0.25, 0.3) is 10.0 Å². The maximum Gasteiger partial charge on any atom is 0.266 e. The van der Waals surface area contributed by atoms with Crippen molar-refractivity contribution in [2.45, 2.75) is 25.3 Å². The van der Waals surface area contributed by atoms with Gasteiger partial charge in [0.1, 0.15) is 9.92 Å². The molecule has 0 amide bonds. The molecule has 0 unspecified atom stereocenters. The smallest absolute Gasteiger partial charge is 0.266 e. The maximum atomic E-state index is 12.8. The zero-order valence-electron chi connectivity index (χ0n) is 14.7. The summed E-state index contributed by atoms with van der Waals surface area (Å²) in [5.74, 6) is 0.0319. The lowest BCUT2D eigenvalue weighted by atomic mass is 10.2. The van der Waals surface area contributed by atoms with Gasteiger partial charge in [0.05, 0.1) is 17.9 Å². The highest BCUT2D eigenvalue weighted by atomic mass is 35.5. The van der Waals surface area contributed by atoms with Crippen LogP contribution < -0.4 is 4.72 Å². The highest BCUT2D eigenvalue weighted by Gasteiger charge is 2.25. The van der Waals surface area contributed by atoms with Gasteiger partial charge < -0.3 is 0 Å². The van der Waals surface area contributed by atoms with E-state index in [9.17, 15) is 8.42 Å². The second-order valence-electron chi connectivity index (χ2n) is 5.99. The first kappa shape index (κ1) is 20.0. The Balaban J connectivity index is 1.88. The monoisotopic (exact) mass is 447 g/mol. The molecule has 0 radical (unpaired) electrons. The molecule has 0 bridgehead atoms. The minimum Gasteiger partial charge on any atom is -0.271 e. The van der Waals surface area contributed by atoms with Crippen molar-refractivity contribution in [2.75, 3.05) is 4.72 Å². The van der Waals surface area contributed by atoms with E-state index in [2.05, 4.69) is 14.9 Å². The molecule has 0 spiro atoms. The average Bonchev–Trinajstić information content (AvgIpc) is 3.01. The summed E-state index contributed by atoms with van der Waals surface area (Å²) in [6.45, 7) is 3.62. The molecule has 0 saturated carbocycles. The predicted molar refractivity (Wildman–Crippen MR) is 106 cm³/mol. The standard InChI is InChI=1S/C16H16Cl3N5O2S/c1-9-15(10(2)23(3)20-9)27(25,26)22-16-14(19)8-24(21-16)7-11-4-5-12(17)6-13(11)18/h4-6,8H,7H2,1-3H3,(H,21,22). The summed E-state index contributed by atoms with van der Waals surface area (Å²) in [5.41, 5.74) is 1.68. The van der Waals surface area contributed by atoms with Gasteiger partial charge in [0, 0.05) is 23.3 Å². The van der Waals surface area contributed by atoms with Crippen molar-refractivity contribution < 1.29 is 8.42 Å². The van der Waals surface area contributed by atoms with Crippen LogP contribution in [0.1, 0.15) is 17.0 Å². The van der Waals surface area contributed by atoms with E-state index in [1.807, 2.05) is 0 Å². The molecule has 1 aromatic carbocycles. The zero-order valence-corrected chi connectivity index (χ0v) is 17.7. The minimum atomic E-state index is -3.89. The summed E-state index contributed by atoms with van der Waals surface area (Å²) in [4.78, 5) is 0.108. The fraction of sp³-hybridized carbons (Fsp3) is 0.250. The largest absolute Gasteiger partial charge is 0.271 e. The second kappa shape index (κ2) is 7.35. The number of aromatic nitrogens is 4. The van der Waals surface area contributed by atoms with Crippen LogP contribution in [0.2, 0.25) is 15.1 Å². The summed E-state index contributed by atoms with van der Waals surface area (Å²) in [6.07, 6.45) is 1.52. The van der Waals surface area contributed by atoms with Gasteiger partial charge in [-0.25, -0.2) is 8.42 Å². The molecule has 0 aliphatic heterocycles. The summed E-state index contributed by atoms with van der Waals surface area (Å²) in [5, 5.41) is 9.53. The van der Waals surface area contributed by atoms with Gasteiger partial charge in [-0.05, 0) is 31.5 Å². The first-order valence-corrected chi connectivity index (χ1v) is 10.4. The normalized spacial score (nSPS) is 11.8. The van der Waals surface area contributed by atoms with E-state index in [1.54, 1.807) is 39.1 Å². The van der Waals surface area contributed by atoms with E-state index in [1.165, 1.54) is 15.6 Å². The SMILES string of the molecule is Cc1nn(C)c(C)c1S(=O)(=O)Nc1nn(Cc2ccc(Cl)cc2Cl)cc1Cl. The third-order valence-electron chi connectivity index (χ3n) is 4.01. The third-order valence-corrected chi connectivity index (χ3v) is 6.46. The highest BCUT2D eigenvalue weighted by molar-refractivity contribution is 7.92. The van der Waals surface area contributed by atoms with Crippen molar-refractivity contribution in [3.8, 4) is 0 Å². The van der Waals surface area contributed by atoms with Crippen molar-refractivity contribution in [3.05, 3.63) is 56.4 Å². The van der Waals surface area contributed by atoms with Gasteiger partial charge in [-0.3, -0.25) is 14.1 Å². The van der Waals surface area contributed by atoms with Gasteiger partial charge >= 0.3 is 0 Å². The number of anilines is 1. The van der Waals surface area contributed by atoms with Crippen LogP contribution in [0.4, 0.5) is 5.82 Å². The topological polar surface area (TPSA) is 81.8 Å². The van der Waals surface area contributed by atoms with Gasteiger partial charge in [0.2, 0.25) is 0 Å². The summed E-state index contributed by atoms with van der Waals surface area (Å²) >= 11 is 18.2. The van der Waals surface area contributed by atoms with Crippen LogP contribution in [0.5, 0.6) is 0 Å². The first-order chi connectivity index (χ1) is 12.6. The van der Waals surface area contributed by atoms with Gasteiger partial charge in [-0.2, -0.15) is 10.2 Å². The molecule has 1 N–H and O–H groups in total. The van der Waals surface area contributed by atoms with Crippen LogP contribution in [0.25, 0.3) is 0 Å². The zero-order chi connectivity index (χ0) is 19.9. The molecule has 3 rings (SSSR count). The van der Waals surface area contributed by atoms with Gasteiger partial charge in [-0.1, -0.05) is 40.9 Å². The van der Waals surface area contributed by atoms with Crippen molar-refractivity contribution in [2.24, 2.45) is 7.05 Å². The quantitative estimate of drug-likeness (QED) is 0.638. The van der Waals surface area contributed by atoms with E-state index in [-0.39, 0.29) is 15.7 Å². The van der Waals surface area contributed by atoms with Gasteiger partial charge in [-0.15, -0.1) is 0 Å². The maximum absolute atomic E-state index is 12.8. The molecule has 7 nitrogen and oxygen atoms in total. The minimum absolute atomic E-state index is 0.0319.